The van der Waals surface area contributed by atoms with E-state index in [1.807, 2.05) is 66.1 Å². The fraction of sp³-hybridized carbons (Fsp3) is 0.217. The third kappa shape index (κ3) is 4.39. The molecule has 0 spiro atoms. The zero-order valence-electron chi connectivity index (χ0n) is 17.1. The number of nitrogens with two attached hydrogens (primary N) is 1. The molecule has 1 amide bonds. The minimum Gasteiger partial charge on any atom is -0.370 e. The molecule has 2 heterocycles. The maximum Gasteiger partial charge on any atom is 0.217 e. The average molecular weight is 434 g/mol. The number of benzene rings is 2. The van der Waals surface area contributed by atoms with E-state index in [9.17, 15) is 9.59 Å². The Balaban J connectivity index is 1.70. The second-order valence-electron chi connectivity index (χ2n) is 7.13. The summed E-state index contributed by atoms with van der Waals surface area (Å²) < 4.78 is 1.94. The number of amides is 1. The Hall–Kier alpha value is -3.39. The molecule has 31 heavy (non-hydrogen) atoms. The number of H-pyrrole nitrogens is 1. The quantitative estimate of drug-likeness (QED) is 0.307. The Labute approximate surface area is 184 Å². The minimum absolute atomic E-state index is 0.00186. The zero-order valence-corrected chi connectivity index (χ0v) is 17.9. The van der Waals surface area contributed by atoms with Crippen molar-refractivity contribution in [2.45, 2.75) is 36.7 Å². The van der Waals surface area contributed by atoms with Gasteiger partial charge in [-0.1, -0.05) is 60.3 Å². The van der Waals surface area contributed by atoms with Crippen LogP contribution < -0.4 is 5.73 Å². The van der Waals surface area contributed by atoms with Gasteiger partial charge in [0.1, 0.15) is 11.1 Å². The topological polar surface area (TPSA) is 107 Å². The summed E-state index contributed by atoms with van der Waals surface area (Å²) in [5, 5.41) is 9.62. The van der Waals surface area contributed by atoms with E-state index in [1.165, 1.54) is 11.8 Å². The number of nitrogens with one attached hydrogen (secondary N) is 1. The molecule has 0 saturated heterocycles. The summed E-state index contributed by atoms with van der Waals surface area (Å²) in [6.45, 7) is 2.62. The van der Waals surface area contributed by atoms with Crippen molar-refractivity contribution in [1.29, 1.82) is 0 Å². The monoisotopic (exact) mass is 433 g/mol. The highest BCUT2D eigenvalue weighted by Crippen LogP contribution is 2.38. The molecule has 158 valence electrons. The number of hydrogen-bond donors (Lipinski definition) is 2. The lowest BCUT2D eigenvalue weighted by Gasteiger charge is -2.16. The van der Waals surface area contributed by atoms with Gasteiger partial charge in [0.15, 0.2) is 10.9 Å². The number of aromatic nitrogens is 4. The van der Waals surface area contributed by atoms with Crippen LogP contribution in [-0.4, -0.2) is 31.4 Å². The molecule has 0 fully saturated rings. The first-order chi connectivity index (χ1) is 15.1. The van der Waals surface area contributed by atoms with Gasteiger partial charge in [0.25, 0.3) is 0 Å². The van der Waals surface area contributed by atoms with Gasteiger partial charge in [-0.3, -0.25) is 9.59 Å². The number of ketones is 1. The van der Waals surface area contributed by atoms with Crippen LogP contribution in [0.25, 0.3) is 10.9 Å². The van der Waals surface area contributed by atoms with E-state index in [4.69, 9.17) is 5.73 Å². The number of primary amides is 1. The molecule has 2 aromatic heterocycles. The molecule has 0 aliphatic rings. The molecular formula is C23H23N5O2S. The van der Waals surface area contributed by atoms with Gasteiger partial charge in [0.2, 0.25) is 5.91 Å². The van der Waals surface area contributed by atoms with Crippen molar-refractivity contribution in [1.82, 2.24) is 19.7 Å². The number of aromatic amines is 1. The van der Waals surface area contributed by atoms with Gasteiger partial charge in [0, 0.05) is 42.0 Å². The Morgan fingerprint density at radius 3 is 2.58 bits per heavy atom. The third-order valence-corrected chi connectivity index (χ3v) is 6.36. The van der Waals surface area contributed by atoms with Crippen molar-refractivity contribution in [3.8, 4) is 0 Å². The summed E-state index contributed by atoms with van der Waals surface area (Å²) in [5.41, 5.74) is 7.75. The van der Waals surface area contributed by atoms with Crippen LogP contribution in [0.2, 0.25) is 0 Å². The standard InChI is InChI=1S/C23H23N5O2S/c1-2-28-20(13-12-19(24)29)26-27-23(28)31-22(15-8-4-3-5-9-15)21(30)17-14-25-18-11-7-6-10-16(17)18/h3-11,14,22,25H,2,12-13H2,1H3,(H2,24,29). The van der Waals surface area contributed by atoms with Crippen LogP contribution in [-0.2, 0) is 17.8 Å². The Morgan fingerprint density at radius 2 is 1.84 bits per heavy atom. The molecule has 0 radical (unpaired) electrons. The number of hydrogen-bond acceptors (Lipinski definition) is 5. The molecular weight excluding hydrogens is 410 g/mol. The molecule has 3 N–H and O–H groups in total. The van der Waals surface area contributed by atoms with Gasteiger partial charge < -0.3 is 15.3 Å². The van der Waals surface area contributed by atoms with E-state index in [0.29, 0.717) is 29.5 Å². The molecule has 0 aliphatic carbocycles. The first-order valence-corrected chi connectivity index (χ1v) is 11.0. The Kier molecular flexibility index (Phi) is 6.18. The van der Waals surface area contributed by atoms with Crippen LogP contribution in [0.5, 0.6) is 0 Å². The van der Waals surface area contributed by atoms with Crippen LogP contribution in [0.1, 0.15) is 40.3 Å². The summed E-state index contributed by atoms with van der Waals surface area (Å²) in [6.07, 6.45) is 2.40. The van der Waals surface area contributed by atoms with Crippen LogP contribution in [0.15, 0.2) is 66.0 Å². The van der Waals surface area contributed by atoms with Crippen molar-refractivity contribution in [3.05, 3.63) is 77.7 Å². The molecule has 7 nitrogen and oxygen atoms in total. The molecule has 0 aliphatic heterocycles. The van der Waals surface area contributed by atoms with E-state index in [-0.39, 0.29) is 18.1 Å². The second kappa shape index (κ2) is 9.18. The summed E-state index contributed by atoms with van der Waals surface area (Å²) in [4.78, 5) is 28.1. The summed E-state index contributed by atoms with van der Waals surface area (Å²) in [5.74, 6) is 0.310. The Bertz CT molecular complexity index is 1220. The smallest absolute Gasteiger partial charge is 0.217 e. The van der Waals surface area contributed by atoms with Gasteiger partial charge in [-0.2, -0.15) is 0 Å². The first-order valence-electron chi connectivity index (χ1n) is 10.1. The van der Waals surface area contributed by atoms with E-state index < -0.39 is 5.25 Å². The fourth-order valence-electron chi connectivity index (χ4n) is 3.57. The van der Waals surface area contributed by atoms with Crippen molar-refractivity contribution in [3.63, 3.8) is 0 Å². The number of aryl methyl sites for hydroxylation is 1. The number of carbonyl (C=O) groups excluding carboxylic acids is 2. The number of para-hydroxylation sites is 1. The predicted octanol–water partition coefficient (Wildman–Crippen LogP) is 3.91. The molecule has 1 atom stereocenters. The third-order valence-electron chi connectivity index (χ3n) is 5.12. The van der Waals surface area contributed by atoms with Crippen LogP contribution in [0.3, 0.4) is 0 Å². The second-order valence-corrected chi connectivity index (χ2v) is 8.20. The Morgan fingerprint density at radius 1 is 1.10 bits per heavy atom. The highest BCUT2D eigenvalue weighted by molar-refractivity contribution is 8.00. The van der Waals surface area contributed by atoms with E-state index in [2.05, 4.69) is 15.2 Å². The molecule has 0 saturated carbocycles. The van der Waals surface area contributed by atoms with Crippen LogP contribution >= 0.6 is 11.8 Å². The number of Topliss-reactive ketones (excluding diaryl/α,β-unsaturated/α-hetero) is 1. The number of rotatable bonds is 9. The molecule has 2 aromatic carbocycles. The van der Waals surface area contributed by atoms with Gasteiger partial charge >= 0.3 is 0 Å². The SMILES string of the molecule is CCn1c(CCC(N)=O)nnc1SC(C(=O)c1c[nH]c2ccccc12)c1ccccc1. The van der Waals surface area contributed by atoms with Gasteiger partial charge in [0.05, 0.1) is 0 Å². The number of carbonyl (C=O) groups is 2. The summed E-state index contributed by atoms with van der Waals surface area (Å²) >= 11 is 1.37. The average Bonchev–Trinajstić information content (AvgIpc) is 3.39. The van der Waals surface area contributed by atoms with Crippen LogP contribution in [0.4, 0.5) is 0 Å². The maximum atomic E-state index is 13.7. The predicted molar refractivity (Wildman–Crippen MR) is 121 cm³/mol. The van der Waals surface area contributed by atoms with E-state index in [1.54, 1.807) is 6.20 Å². The molecule has 1 unspecified atom stereocenters. The fourth-order valence-corrected chi connectivity index (χ4v) is 4.75. The number of fused-ring (bicyclic) bond motifs is 1. The molecule has 4 rings (SSSR count). The van der Waals surface area contributed by atoms with Crippen molar-refractivity contribution < 1.29 is 9.59 Å². The molecule has 8 heteroatoms. The molecule has 0 bridgehead atoms. The van der Waals surface area contributed by atoms with Crippen molar-refractivity contribution in [2.24, 2.45) is 5.73 Å². The number of thioether (sulfide) groups is 1. The summed E-state index contributed by atoms with van der Waals surface area (Å²) in [6, 6.07) is 17.4. The molecule has 4 aromatic rings. The first kappa shape index (κ1) is 20.9. The normalized spacial score (nSPS) is 12.2. The van der Waals surface area contributed by atoms with E-state index >= 15 is 0 Å². The lowest BCUT2D eigenvalue weighted by Crippen LogP contribution is -2.14. The lowest BCUT2D eigenvalue weighted by atomic mass is 10.0. The number of nitrogens with zero attached hydrogens (tertiary/aromatic N) is 3. The van der Waals surface area contributed by atoms with Gasteiger partial charge in [-0.25, -0.2) is 0 Å². The van der Waals surface area contributed by atoms with Gasteiger partial charge in [-0.05, 0) is 18.6 Å². The maximum absolute atomic E-state index is 13.7. The highest BCUT2D eigenvalue weighted by atomic mass is 32.2. The highest BCUT2D eigenvalue weighted by Gasteiger charge is 2.28. The largest absolute Gasteiger partial charge is 0.370 e. The minimum atomic E-state index is -0.487. The zero-order chi connectivity index (χ0) is 21.8. The van der Waals surface area contributed by atoms with E-state index in [0.717, 1.165) is 16.5 Å². The summed E-state index contributed by atoms with van der Waals surface area (Å²) in [7, 11) is 0. The van der Waals surface area contributed by atoms with Crippen molar-refractivity contribution in [2.75, 3.05) is 0 Å². The van der Waals surface area contributed by atoms with Crippen LogP contribution in [0, 0.1) is 0 Å². The van der Waals surface area contributed by atoms with Gasteiger partial charge in [-0.15, -0.1) is 10.2 Å². The van der Waals surface area contributed by atoms with Crippen molar-refractivity contribution >= 4 is 34.4 Å². The lowest BCUT2D eigenvalue weighted by molar-refractivity contribution is -0.118.